The molecule has 1 aromatic carbocycles. The Bertz CT molecular complexity index is 623. The number of halogens is 1. The molecule has 0 radical (unpaired) electrons. The molecule has 0 saturated carbocycles. The molecule has 1 amide bonds. The van der Waals surface area contributed by atoms with Gasteiger partial charge in [0, 0.05) is 17.6 Å². The summed E-state index contributed by atoms with van der Waals surface area (Å²) in [6, 6.07) is 5.40. The molecule has 1 aliphatic heterocycles. The van der Waals surface area contributed by atoms with E-state index in [1.165, 1.54) is 0 Å². The smallest absolute Gasteiger partial charge is 0.214 e. The number of aryl methyl sites for hydroxylation is 1. The Hall–Kier alpha value is -2.01. The predicted molar refractivity (Wildman–Crippen MR) is 70.2 cm³/mol. The van der Waals surface area contributed by atoms with Crippen molar-refractivity contribution >= 4 is 35.2 Å². The third-order valence-corrected chi connectivity index (χ3v) is 3.24. The van der Waals surface area contributed by atoms with Crippen LogP contribution in [0.5, 0.6) is 0 Å². The van der Waals surface area contributed by atoms with E-state index >= 15 is 0 Å². The molecule has 0 saturated heterocycles. The Morgan fingerprint density at radius 2 is 2.33 bits per heavy atom. The molecular formula is C12H11ClN4O. The van der Waals surface area contributed by atoms with Gasteiger partial charge in [-0.05, 0) is 18.2 Å². The second-order valence-electron chi connectivity index (χ2n) is 4.16. The van der Waals surface area contributed by atoms with Gasteiger partial charge in [0.05, 0.1) is 24.1 Å². The van der Waals surface area contributed by atoms with E-state index in [0.717, 1.165) is 29.2 Å². The number of rotatable bonds is 1. The standard InChI is InChI=1S/C12H11ClN4O/c1-16-12-8(5-14-16)6-17(7-18)11-3-2-9(13)4-10(11)15-12/h2-5,7,15H,6H2,1H3. The second-order valence-corrected chi connectivity index (χ2v) is 4.60. The van der Waals surface area contributed by atoms with E-state index in [4.69, 9.17) is 11.6 Å². The highest BCUT2D eigenvalue weighted by molar-refractivity contribution is 6.31. The summed E-state index contributed by atoms with van der Waals surface area (Å²) in [6.07, 6.45) is 2.57. The summed E-state index contributed by atoms with van der Waals surface area (Å²) < 4.78 is 1.74. The number of nitrogens with zero attached hydrogens (tertiary/aromatic N) is 3. The lowest BCUT2D eigenvalue weighted by Gasteiger charge is -2.17. The summed E-state index contributed by atoms with van der Waals surface area (Å²) in [5.74, 6) is 0.878. The van der Waals surface area contributed by atoms with Crippen molar-refractivity contribution in [2.45, 2.75) is 6.54 Å². The number of anilines is 3. The SMILES string of the molecule is Cn1ncc2c1Nc1cc(Cl)ccc1N(C=O)C2. The van der Waals surface area contributed by atoms with Crippen LogP contribution in [0, 0.1) is 0 Å². The number of carbonyl (C=O) groups is 1. The monoisotopic (exact) mass is 262 g/mol. The first-order chi connectivity index (χ1) is 8.69. The van der Waals surface area contributed by atoms with Crippen molar-refractivity contribution < 1.29 is 4.79 Å². The molecule has 0 fully saturated rings. The molecule has 1 aliphatic rings. The number of carbonyl (C=O) groups excluding carboxylic acids is 1. The fourth-order valence-electron chi connectivity index (χ4n) is 2.11. The van der Waals surface area contributed by atoms with E-state index in [1.807, 2.05) is 13.1 Å². The Kier molecular flexibility index (Phi) is 2.48. The van der Waals surface area contributed by atoms with E-state index in [0.29, 0.717) is 11.6 Å². The highest BCUT2D eigenvalue weighted by Gasteiger charge is 2.21. The van der Waals surface area contributed by atoms with E-state index in [1.54, 1.807) is 27.9 Å². The molecule has 1 N–H and O–H groups in total. The van der Waals surface area contributed by atoms with Crippen LogP contribution in [0.4, 0.5) is 17.2 Å². The largest absolute Gasteiger partial charge is 0.338 e. The normalized spacial score (nSPS) is 13.3. The number of fused-ring (bicyclic) bond motifs is 2. The second kappa shape index (κ2) is 4.03. The van der Waals surface area contributed by atoms with Gasteiger partial charge in [-0.3, -0.25) is 9.48 Å². The van der Waals surface area contributed by atoms with Gasteiger partial charge in [-0.2, -0.15) is 5.10 Å². The van der Waals surface area contributed by atoms with Crippen molar-refractivity contribution in [3.05, 3.63) is 35.0 Å². The van der Waals surface area contributed by atoms with Crippen LogP contribution in [0.25, 0.3) is 0 Å². The first kappa shape index (κ1) is 11.1. The molecule has 0 aliphatic carbocycles. The summed E-state index contributed by atoms with van der Waals surface area (Å²) in [6.45, 7) is 0.494. The van der Waals surface area contributed by atoms with E-state index in [9.17, 15) is 4.79 Å². The third-order valence-electron chi connectivity index (χ3n) is 3.00. The minimum Gasteiger partial charge on any atom is -0.338 e. The average Bonchev–Trinajstić information content (AvgIpc) is 2.61. The number of amides is 1. The summed E-state index contributed by atoms with van der Waals surface area (Å²) in [5, 5.41) is 8.08. The van der Waals surface area contributed by atoms with Crippen molar-refractivity contribution in [3.63, 3.8) is 0 Å². The highest BCUT2D eigenvalue weighted by atomic mass is 35.5. The van der Waals surface area contributed by atoms with Crippen molar-refractivity contribution in [3.8, 4) is 0 Å². The Morgan fingerprint density at radius 3 is 3.11 bits per heavy atom. The Balaban J connectivity index is 2.19. The fraction of sp³-hybridized carbons (Fsp3) is 0.167. The number of hydrogen-bond donors (Lipinski definition) is 1. The summed E-state index contributed by atoms with van der Waals surface area (Å²) in [5.41, 5.74) is 2.58. The van der Waals surface area contributed by atoms with Gasteiger partial charge in [0.2, 0.25) is 6.41 Å². The zero-order valence-electron chi connectivity index (χ0n) is 9.72. The molecule has 0 bridgehead atoms. The molecule has 6 heteroatoms. The molecule has 0 unspecified atom stereocenters. The molecule has 2 aromatic rings. The molecule has 1 aromatic heterocycles. The molecule has 0 spiro atoms. The fourth-order valence-corrected chi connectivity index (χ4v) is 2.28. The van der Waals surface area contributed by atoms with Crippen LogP contribution in [-0.4, -0.2) is 16.2 Å². The van der Waals surface area contributed by atoms with Crippen LogP contribution in [-0.2, 0) is 18.4 Å². The Morgan fingerprint density at radius 1 is 1.50 bits per heavy atom. The van der Waals surface area contributed by atoms with Gasteiger partial charge >= 0.3 is 0 Å². The molecule has 5 nitrogen and oxygen atoms in total. The van der Waals surface area contributed by atoms with Crippen molar-refractivity contribution in [2.24, 2.45) is 7.05 Å². The van der Waals surface area contributed by atoms with Gasteiger partial charge in [0.1, 0.15) is 5.82 Å². The van der Waals surface area contributed by atoms with Gasteiger partial charge in [-0.1, -0.05) is 11.6 Å². The van der Waals surface area contributed by atoms with Crippen LogP contribution < -0.4 is 10.2 Å². The van der Waals surface area contributed by atoms with Gasteiger partial charge in [0.15, 0.2) is 0 Å². The summed E-state index contributed by atoms with van der Waals surface area (Å²) in [4.78, 5) is 12.8. The van der Waals surface area contributed by atoms with Crippen LogP contribution in [0.1, 0.15) is 5.56 Å². The van der Waals surface area contributed by atoms with Gasteiger partial charge in [-0.25, -0.2) is 0 Å². The topological polar surface area (TPSA) is 50.2 Å². The number of nitrogens with one attached hydrogen (secondary N) is 1. The minimum absolute atomic E-state index is 0.494. The highest BCUT2D eigenvalue weighted by Crippen LogP contribution is 2.36. The maximum Gasteiger partial charge on any atom is 0.214 e. The third kappa shape index (κ3) is 1.64. The van der Waals surface area contributed by atoms with Crippen LogP contribution >= 0.6 is 11.6 Å². The molecule has 3 rings (SSSR count). The number of aromatic nitrogens is 2. The first-order valence-corrected chi connectivity index (χ1v) is 5.86. The molecule has 92 valence electrons. The van der Waals surface area contributed by atoms with E-state index in [-0.39, 0.29) is 0 Å². The lowest BCUT2D eigenvalue weighted by molar-refractivity contribution is -0.107. The lowest BCUT2D eigenvalue weighted by Crippen LogP contribution is -2.19. The maximum atomic E-state index is 11.2. The zero-order valence-corrected chi connectivity index (χ0v) is 10.5. The van der Waals surface area contributed by atoms with Crippen molar-refractivity contribution in [1.29, 1.82) is 0 Å². The van der Waals surface area contributed by atoms with Gasteiger partial charge < -0.3 is 10.2 Å². The molecule has 2 heterocycles. The lowest BCUT2D eigenvalue weighted by atomic mass is 10.2. The molecule has 0 atom stereocenters. The first-order valence-electron chi connectivity index (χ1n) is 5.48. The quantitative estimate of drug-likeness (QED) is 0.803. The summed E-state index contributed by atoms with van der Waals surface area (Å²) >= 11 is 5.99. The summed E-state index contributed by atoms with van der Waals surface area (Å²) in [7, 11) is 1.85. The van der Waals surface area contributed by atoms with E-state index < -0.39 is 0 Å². The maximum absolute atomic E-state index is 11.2. The van der Waals surface area contributed by atoms with Crippen LogP contribution in [0.15, 0.2) is 24.4 Å². The molecular weight excluding hydrogens is 252 g/mol. The number of hydrogen-bond acceptors (Lipinski definition) is 3. The van der Waals surface area contributed by atoms with Crippen LogP contribution in [0.3, 0.4) is 0 Å². The average molecular weight is 263 g/mol. The Labute approximate surface area is 109 Å². The van der Waals surface area contributed by atoms with Crippen molar-refractivity contribution in [1.82, 2.24) is 9.78 Å². The van der Waals surface area contributed by atoms with Gasteiger partial charge in [0.25, 0.3) is 0 Å². The van der Waals surface area contributed by atoms with Crippen molar-refractivity contribution in [2.75, 3.05) is 10.2 Å². The molecule has 18 heavy (non-hydrogen) atoms. The minimum atomic E-state index is 0.494. The van der Waals surface area contributed by atoms with E-state index in [2.05, 4.69) is 10.4 Å². The predicted octanol–water partition coefficient (Wildman–Crippen LogP) is 2.29. The van der Waals surface area contributed by atoms with Crippen LogP contribution in [0.2, 0.25) is 5.02 Å². The zero-order chi connectivity index (χ0) is 12.7. The number of benzene rings is 1. The van der Waals surface area contributed by atoms with Gasteiger partial charge in [-0.15, -0.1) is 0 Å².